The second-order valence-corrected chi connectivity index (χ2v) is 15.8. The summed E-state index contributed by atoms with van der Waals surface area (Å²) in [6.07, 6.45) is 9.91. The topological polar surface area (TPSA) is 108 Å². The Balaban J connectivity index is 1.17. The van der Waals surface area contributed by atoms with E-state index in [9.17, 15) is 23.9 Å². The van der Waals surface area contributed by atoms with Gasteiger partial charge in [0.15, 0.2) is 11.4 Å². The number of carbonyl (C=O) groups excluding carboxylic acids is 3. The van der Waals surface area contributed by atoms with Gasteiger partial charge >= 0.3 is 5.97 Å². The predicted molar refractivity (Wildman–Crippen MR) is 177 cm³/mol. The van der Waals surface area contributed by atoms with Crippen LogP contribution in [0.1, 0.15) is 93.3 Å². The lowest BCUT2D eigenvalue weighted by Crippen LogP contribution is -2.62. The normalized spacial score (nSPS) is 34.0. The van der Waals surface area contributed by atoms with Gasteiger partial charge in [0.2, 0.25) is 5.12 Å². The number of thioether (sulfide) groups is 1. The number of methoxy groups -OCH3 is 1. The van der Waals surface area contributed by atoms with E-state index in [2.05, 4.69) is 13.0 Å². The van der Waals surface area contributed by atoms with Gasteiger partial charge in [-0.15, -0.1) is 0 Å². The number of allylic oxidation sites excluding steroid dienone is 1. The zero-order chi connectivity index (χ0) is 33.1. The third kappa shape index (κ3) is 5.24. The molecule has 1 heterocycles. The molecule has 2 aromatic rings. The Morgan fingerprint density at radius 2 is 1.98 bits per heavy atom. The maximum Gasteiger partial charge on any atom is 0.309 e. The molecule has 0 amide bonds. The first-order chi connectivity index (χ1) is 22.6. The molecular formula is C37H45FN2O6S. The van der Waals surface area contributed by atoms with Crippen LogP contribution in [-0.4, -0.2) is 63.2 Å². The molecule has 10 heteroatoms. The van der Waals surface area contributed by atoms with Crippen LogP contribution in [0.4, 0.5) is 4.39 Å². The zero-order valence-electron chi connectivity index (χ0n) is 27.5. The number of hydrogen-bond donors (Lipinski definition) is 1. The van der Waals surface area contributed by atoms with Crippen LogP contribution in [0, 0.1) is 34.5 Å². The number of carbonyl (C=O) groups is 3. The summed E-state index contributed by atoms with van der Waals surface area (Å²) in [5, 5.41) is 16.5. The summed E-state index contributed by atoms with van der Waals surface area (Å²) in [6, 6.07) is 6.75. The van der Waals surface area contributed by atoms with Crippen molar-refractivity contribution in [3.63, 3.8) is 0 Å². The molecule has 0 bridgehead atoms. The number of halogens is 1. The van der Waals surface area contributed by atoms with Gasteiger partial charge in [-0.25, -0.2) is 9.07 Å². The van der Waals surface area contributed by atoms with Crippen LogP contribution >= 0.6 is 11.8 Å². The van der Waals surface area contributed by atoms with Crippen molar-refractivity contribution in [2.45, 2.75) is 89.8 Å². The van der Waals surface area contributed by atoms with Crippen molar-refractivity contribution in [3.05, 3.63) is 52.9 Å². The van der Waals surface area contributed by atoms with Crippen LogP contribution in [-0.2, 0) is 25.5 Å². The summed E-state index contributed by atoms with van der Waals surface area (Å²) in [6.45, 7) is 4.82. The molecule has 1 N–H and O–H groups in total. The number of benzene rings is 1. The van der Waals surface area contributed by atoms with Gasteiger partial charge in [0, 0.05) is 31.1 Å². The first kappa shape index (κ1) is 32.7. The standard InChI is InChI=1S/C37H45FN2O6S/c1-35-18-24-20-39-40(26-7-4-6-23(16-26)30(41)8-5-15-45-3)29(24)17-25(35)11-12-27-28-13-14-37(34(44)47-21-38,46-33(43)22-9-10-22)36(28,2)19-31(42)32(27)35/h4,6-7,16-17,20,22,27-28,31-32,42H,5,8-15,18-19,21H2,1-3H3/t27-,28-,31-,32+,35-,36-,37-/m0/s1. The molecule has 7 rings (SSSR count). The number of alkyl halides is 1. The monoisotopic (exact) mass is 664 g/mol. The van der Waals surface area contributed by atoms with E-state index in [-0.39, 0.29) is 40.8 Å². The smallest absolute Gasteiger partial charge is 0.309 e. The quantitative estimate of drug-likeness (QED) is 0.174. The Kier molecular flexibility index (Phi) is 8.53. The molecule has 1 aromatic heterocycles. The van der Waals surface area contributed by atoms with Crippen LogP contribution < -0.4 is 0 Å². The molecule has 1 aromatic carbocycles. The molecule has 4 saturated carbocycles. The van der Waals surface area contributed by atoms with Gasteiger partial charge in [0.1, 0.15) is 6.01 Å². The van der Waals surface area contributed by atoms with Crippen molar-refractivity contribution < 1.29 is 33.4 Å². The molecule has 5 aliphatic rings. The highest BCUT2D eigenvalue weighted by molar-refractivity contribution is 8.13. The van der Waals surface area contributed by atoms with Gasteiger partial charge in [0.25, 0.3) is 0 Å². The Labute approximate surface area is 279 Å². The van der Waals surface area contributed by atoms with E-state index in [1.165, 1.54) is 5.57 Å². The molecule has 4 fully saturated rings. The zero-order valence-corrected chi connectivity index (χ0v) is 28.3. The van der Waals surface area contributed by atoms with Crippen molar-refractivity contribution in [1.29, 1.82) is 0 Å². The number of ketones is 1. The lowest BCUT2D eigenvalue weighted by molar-refractivity contribution is -0.197. The van der Waals surface area contributed by atoms with E-state index < -0.39 is 28.2 Å². The molecule has 0 saturated heterocycles. The van der Waals surface area contributed by atoms with Crippen molar-refractivity contribution in [3.8, 4) is 5.69 Å². The highest BCUT2D eigenvalue weighted by atomic mass is 32.2. The van der Waals surface area contributed by atoms with E-state index in [0.29, 0.717) is 56.0 Å². The highest BCUT2D eigenvalue weighted by Crippen LogP contribution is 2.69. The Morgan fingerprint density at radius 1 is 1.17 bits per heavy atom. The fourth-order valence-corrected chi connectivity index (χ4v) is 10.7. The summed E-state index contributed by atoms with van der Waals surface area (Å²) >= 11 is 0.597. The average molecular weight is 665 g/mol. The van der Waals surface area contributed by atoms with E-state index in [4.69, 9.17) is 14.6 Å². The first-order valence-corrected chi connectivity index (χ1v) is 18.1. The average Bonchev–Trinajstić information content (AvgIpc) is 3.76. The van der Waals surface area contributed by atoms with Gasteiger partial charge in [-0.05, 0) is 116 Å². The van der Waals surface area contributed by atoms with Crippen molar-refractivity contribution >= 4 is 34.7 Å². The second kappa shape index (κ2) is 12.3. The lowest BCUT2D eigenvalue weighted by Gasteiger charge is -2.60. The second-order valence-electron chi connectivity index (χ2n) is 14.9. The predicted octanol–water partition coefficient (Wildman–Crippen LogP) is 6.51. The van der Waals surface area contributed by atoms with Crippen LogP contribution in [0.5, 0.6) is 0 Å². The van der Waals surface area contributed by atoms with E-state index in [1.54, 1.807) is 7.11 Å². The van der Waals surface area contributed by atoms with Gasteiger partial charge < -0.3 is 14.6 Å². The number of fused-ring (bicyclic) bond motifs is 6. The molecule has 47 heavy (non-hydrogen) atoms. The number of ether oxygens (including phenoxy) is 2. The maximum absolute atomic E-state index is 13.7. The van der Waals surface area contributed by atoms with Gasteiger partial charge in [0.05, 0.1) is 29.6 Å². The van der Waals surface area contributed by atoms with Crippen molar-refractivity contribution in [1.82, 2.24) is 9.78 Å². The summed E-state index contributed by atoms with van der Waals surface area (Å²) in [5.41, 5.74) is 2.39. The summed E-state index contributed by atoms with van der Waals surface area (Å²) < 4.78 is 26.8. The van der Waals surface area contributed by atoms with Crippen LogP contribution in [0.3, 0.4) is 0 Å². The summed E-state index contributed by atoms with van der Waals surface area (Å²) in [4.78, 5) is 39.5. The largest absolute Gasteiger partial charge is 0.449 e. The minimum absolute atomic E-state index is 0.0380. The molecule has 0 aliphatic heterocycles. The fourth-order valence-electron chi connectivity index (χ4n) is 10.00. The minimum atomic E-state index is -1.42. The molecule has 252 valence electrons. The Hall–Kier alpha value is -2.82. The number of hydrogen-bond acceptors (Lipinski definition) is 8. The van der Waals surface area contributed by atoms with Crippen LogP contribution in [0.15, 0.2) is 36.0 Å². The number of esters is 1. The lowest BCUT2D eigenvalue weighted by atomic mass is 9.45. The van der Waals surface area contributed by atoms with E-state index in [1.807, 2.05) is 42.1 Å². The van der Waals surface area contributed by atoms with E-state index >= 15 is 0 Å². The van der Waals surface area contributed by atoms with Crippen molar-refractivity contribution in [2.24, 2.45) is 34.5 Å². The summed E-state index contributed by atoms with van der Waals surface area (Å²) in [5.74, 6) is -0.289. The van der Waals surface area contributed by atoms with Gasteiger partial charge in [-0.2, -0.15) is 5.10 Å². The maximum atomic E-state index is 13.7. The number of rotatable bonds is 10. The third-order valence-corrected chi connectivity index (χ3v) is 13.1. The number of aliphatic hydroxyl groups excluding tert-OH is 1. The fraction of sp³-hybridized carbons (Fsp3) is 0.622. The number of nitrogens with zero attached hydrogens (tertiary/aromatic N) is 2. The van der Waals surface area contributed by atoms with Gasteiger partial charge in [-0.1, -0.05) is 31.6 Å². The Morgan fingerprint density at radius 3 is 2.72 bits per heavy atom. The molecule has 0 spiro atoms. The van der Waals surface area contributed by atoms with Gasteiger partial charge in [-0.3, -0.25) is 14.4 Å². The molecule has 7 atom stereocenters. The molecule has 8 nitrogen and oxygen atoms in total. The molecule has 5 aliphatic carbocycles. The SMILES string of the molecule is COCCCC(=O)c1cccc(-n2ncc3c2C=C2CC[C@@H]4[C@H]([C@@H](O)C[C@@]5(C)[C@H]4CC[C@]5(OC(=O)C4CC4)C(=O)SCF)[C@@]2(C)C3)c1. The number of Topliss-reactive ketones (excluding diaryl/α,β-unsaturated/α-hetero) is 1. The first-order valence-electron chi connectivity index (χ1n) is 17.1. The van der Waals surface area contributed by atoms with Crippen LogP contribution in [0.25, 0.3) is 11.8 Å². The minimum Gasteiger partial charge on any atom is -0.449 e. The third-order valence-electron chi connectivity index (χ3n) is 12.4. The number of aliphatic hydroxyl groups is 1. The van der Waals surface area contributed by atoms with E-state index in [0.717, 1.165) is 49.0 Å². The molecular weight excluding hydrogens is 619 g/mol. The molecule has 0 unspecified atom stereocenters. The van der Waals surface area contributed by atoms with Crippen LogP contribution in [0.2, 0.25) is 0 Å². The number of aromatic nitrogens is 2. The highest BCUT2D eigenvalue weighted by Gasteiger charge is 2.71. The molecule has 0 radical (unpaired) electrons. The Bertz CT molecular complexity index is 1620. The summed E-state index contributed by atoms with van der Waals surface area (Å²) in [7, 11) is 1.64. The van der Waals surface area contributed by atoms with Crippen molar-refractivity contribution in [2.75, 3.05) is 19.7 Å².